The van der Waals surface area contributed by atoms with E-state index in [1.54, 1.807) is 19.1 Å². The molecule has 0 spiro atoms. The second-order valence-corrected chi connectivity index (χ2v) is 6.38. The Morgan fingerprint density at radius 1 is 1.24 bits per heavy atom. The van der Waals surface area contributed by atoms with Gasteiger partial charge < -0.3 is 9.97 Å². The molecule has 0 saturated heterocycles. The summed E-state index contributed by atoms with van der Waals surface area (Å²) in [6, 6.07) is 5.42. The maximum atomic E-state index is 11.4. The number of nitrogens with one attached hydrogen (secondary N) is 2. The third-order valence-electron chi connectivity index (χ3n) is 2.76. The summed E-state index contributed by atoms with van der Waals surface area (Å²) in [6.45, 7) is 1.63. The SMILES string of the molecule is CCS(=O)(=O)CCc1cccc2[nH]c(=O)[nH]c12. The quantitative estimate of drug-likeness (QED) is 0.848. The average molecular weight is 254 g/mol. The van der Waals surface area contributed by atoms with Crippen LogP contribution >= 0.6 is 0 Å². The van der Waals surface area contributed by atoms with Gasteiger partial charge >= 0.3 is 5.69 Å². The summed E-state index contributed by atoms with van der Waals surface area (Å²) >= 11 is 0. The number of aromatic nitrogens is 2. The van der Waals surface area contributed by atoms with Crippen molar-refractivity contribution in [3.63, 3.8) is 0 Å². The first-order chi connectivity index (χ1) is 8.02. The molecule has 0 unspecified atom stereocenters. The van der Waals surface area contributed by atoms with Gasteiger partial charge in [-0.05, 0) is 18.1 Å². The Morgan fingerprint density at radius 2 is 2.00 bits per heavy atom. The van der Waals surface area contributed by atoms with Crippen LogP contribution < -0.4 is 5.69 Å². The highest BCUT2D eigenvalue weighted by molar-refractivity contribution is 7.91. The van der Waals surface area contributed by atoms with E-state index in [0.717, 1.165) is 5.56 Å². The molecule has 5 nitrogen and oxygen atoms in total. The summed E-state index contributed by atoms with van der Waals surface area (Å²) in [5, 5.41) is 0. The van der Waals surface area contributed by atoms with Crippen molar-refractivity contribution in [2.45, 2.75) is 13.3 Å². The molecule has 0 amide bonds. The zero-order chi connectivity index (χ0) is 12.5. The normalized spacial score (nSPS) is 12.1. The highest BCUT2D eigenvalue weighted by atomic mass is 32.2. The molecule has 1 heterocycles. The number of aryl methyl sites for hydroxylation is 1. The molecule has 1 aromatic carbocycles. The number of imidazole rings is 1. The highest BCUT2D eigenvalue weighted by Gasteiger charge is 2.10. The lowest BCUT2D eigenvalue weighted by Gasteiger charge is -2.03. The van der Waals surface area contributed by atoms with Gasteiger partial charge in [-0.2, -0.15) is 0 Å². The van der Waals surface area contributed by atoms with Crippen LogP contribution in [0.2, 0.25) is 0 Å². The van der Waals surface area contributed by atoms with Crippen molar-refractivity contribution in [2.24, 2.45) is 0 Å². The highest BCUT2D eigenvalue weighted by Crippen LogP contribution is 2.14. The molecule has 2 aromatic rings. The number of hydrogen-bond donors (Lipinski definition) is 2. The van der Waals surface area contributed by atoms with Gasteiger partial charge in [-0.3, -0.25) is 0 Å². The maximum absolute atomic E-state index is 11.4. The first kappa shape index (κ1) is 11.9. The number of H-pyrrole nitrogens is 2. The van der Waals surface area contributed by atoms with Crippen LogP contribution in [0.25, 0.3) is 11.0 Å². The monoisotopic (exact) mass is 254 g/mol. The predicted octanol–water partition coefficient (Wildman–Crippen LogP) is 0.833. The molecule has 0 fully saturated rings. The fourth-order valence-electron chi connectivity index (χ4n) is 1.74. The number of para-hydroxylation sites is 1. The van der Waals surface area contributed by atoms with E-state index in [4.69, 9.17) is 0 Å². The van der Waals surface area contributed by atoms with Crippen molar-refractivity contribution in [1.29, 1.82) is 0 Å². The van der Waals surface area contributed by atoms with Crippen LogP contribution in [0.5, 0.6) is 0 Å². The molecule has 0 atom stereocenters. The molecule has 17 heavy (non-hydrogen) atoms. The number of benzene rings is 1. The average Bonchev–Trinajstić information content (AvgIpc) is 2.67. The second-order valence-electron chi connectivity index (χ2n) is 3.91. The van der Waals surface area contributed by atoms with Crippen molar-refractivity contribution in [3.05, 3.63) is 34.2 Å². The van der Waals surface area contributed by atoms with Gasteiger partial charge in [0, 0.05) is 5.75 Å². The van der Waals surface area contributed by atoms with Crippen molar-refractivity contribution >= 4 is 20.9 Å². The lowest BCUT2D eigenvalue weighted by atomic mass is 10.1. The summed E-state index contributed by atoms with van der Waals surface area (Å²) in [5.74, 6) is 0.252. The van der Waals surface area contributed by atoms with Crippen LogP contribution in [0.1, 0.15) is 12.5 Å². The molecule has 6 heteroatoms. The van der Waals surface area contributed by atoms with E-state index in [9.17, 15) is 13.2 Å². The molecule has 92 valence electrons. The Morgan fingerprint density at radius 3 is 2.71 bits per heavy atom. The van der Waals surface area contributed by atoms with Crippen LogP contribution in [0.3, 0.4) is 0 Å². The van der Waals surface area contributed by atoms with E-state index in [1.807, 2.05) is 6.07 Å². The number of fused-ring (bicyclic) bond motifs is 1. The lowest BCUT2D eigenvalue weighted by Crippen LogP contribution is -2.11. The summed E-state index contributed by atoms with van der Waals surface area (Å²) in [4.78, 5) is 16.5. The first-order valence-electron chi connectivity index (χ1n) is 5.42. The van der Waals surface area contributed by atoms with Crippen molar-refractivity contribution in [1.82, 2.24) is 9.97 Å². The van der Waals surface area contributed by atoms with Gasteiger partial charge in [-0.15, -0.1) is 0 Å². The zero-order valence-electron chi connectivity index (χ0n) is 9.49. The molecule has 1 aromatic heterocycles. The summed E-state index contributed by atoms with van der Waals surface area (Å²) < 4.78 is 22.9. The van der Waals surface area contributed by atoms with E-state index in [2.05, 4.69) is 9.97 Å². The van der Waals surface area contributed by atoms with Crippen LogP contribution in [0.4, 0.5) is 0 Å². The molecule has 2 rings (SSSR count). The van der Waals surface area contributed by atoms with Crippen LogP contribution in [0.15, 0.2) is 23.0 Å². The number of rotatable bonds is 4. The van der Waals surface area contributed by atoms with Gasteiger partial charge in [-0.25, -0.2) is 13.2 Å². The van der Waals surface area contributed by atoms with Crippen LogP contribution in [-0.2, 0) is 16.3 Å². The van der Waals surface area contributed by atoms with Gasteiger partial charge in [-0.1, -0.05) is 19.1 Å². The zero-order valence-corrected chi connectivity index (χ0v) is 10.3. The molecule has 0 aliphatic heterocycles. The van der Waals surface area contributed by atoms with Crippen molar-refractivity contribution in [3.8, 4) is 0 Å². The minimum absolute atomic E-state index is 0.107. The first-order valence-corrected chi connectivity index (χ1v) is 7.24. The maximum Gasteiger partial charge on any atom is 0.323 e. The Balaban J connectivity index is 2.33. The van der Waals surface area contributed by atoms with Gasteiger partial charge in [0.25, 0.3) is 0 Å². The molecule has 0 radical (unpaired) electrons. The van der Waals surface area contributed by atoms with Crippen LogP contribution in [0, 0.1) is 0 Å². The summed E-state index contributed by atoms with van der Waals surface area (Å²) in [7, 11) is -2.98. The molecule has 0 saturated carbocycles. The Bertz CT molecular complexity index is 682. The standard InChI is InChI=1S/C11H14N2O3S/c1-2-17(15,16)7-6-8-4-3-5-9-10(8)13-11(14)12-9/h3-5H,2,6-7H2,1H3,(H2,12,13,14). The van der Waals surface area contributed by atoms with Gasteiger partial charge in [0.15, 0.2) is 0 Å². The fourth-order valence-corrected chi connectivity index (χ4v) is 2.56. The van der Waals surface area contributed by atoms with E-state index < -0.39 is 9.84 Å². The molecule has 0 aliphatic rings. The van der Waals surface area contributed by atoms with Gasteiger partial charge in [0.1, 0.15) is 9.84 Å². The molecule has 2 N–H and O–H groups in total. The number of hydrogen-bond acceptors (Lipinski definition) is 3. The predicted molar refractivity (Wildman–Crippen MR) is 67.0 cm³/mol. The van der Waals surface area contributed by atoms with Crippen molar-refractivity contribution in [2.75, 3.05) is 11.5 Å². The lowest BCUT2D eigenvalue weighted by molar-refractivity contribution is 0.596. The summed E-state index contributed by atoms with van der Waals surface area (Å²) in [6.07, 6.45) is 0.418. The molecular weight excluding hydrogens is 240 g/mol. The minimum Gasteiger partial charge on any atom is -0.306 e. The largest absolute Gasteiger partial charge is 0.323 e. The topological polar surface area (TPSA) is 82.8 Å². The minimum atomic E-state index is -2.98. The summed E-state index contributed by atoms with van der Waals surface area (Å²) in [5.41, 5.74) is 1.98. The number of sulfone groups is 1. The van der Waals surface area contributed by atoms with E-state index in [-0.39, 0.29) is 17.2 Å². The Hall–Kier alpha value is -1.56. The van der Waals surface area contributed by atoms with E-state index in [0.29, 0.717) is 17.5 Å². The van der Waals surface area contributed by atoms with E-state index in [1.165, 1.54) is 0 Å². The van der Waals surface area contributed by atoms with E-state index >= 15 is 0 Å². The van der Waals surface area contributed by atoms with Crippen molar-refractivity contribution < 1.29 is 8.42 Å². The molecule has 0 aliphatic carbocycles. The Labute approximate surface area is 98.8 Å². The third kappa shape index (κ3) is 2.58. The Kier molecular flexibility index (Phi) is 3.06. The smallest absolute Gasteiger partial charge is 0.306 e. The third-order valence-corrected chi connectivity index (χ3v) is 4.47. The van der Waals surface area contributed by atoms with Gasteiger partial charge in [0.05, 0.1) is 16.8 Å². The molecular formula is C11H14N2O3S. The van der Waals surface area contributed by atoms with Crippen LogP contribution in [-0.4, -0.2) is 29.9 Å². The number of aromatic amines is 2. The second kappa shape index (κ2) is 4.37. The molecule has 0 bridgehead atoms. The van der Waals surface area contributed by atoms with Gasteiger partial charge in [0.2, 0.25) is 0 Å². The fraction of sp³-hybridized carbons (Fsp3) is 0.364.